The van der Waals surface area contributed by atoms with Crippen LogP contribution in [0.2, 0.25) is 0 Å². The van der Waals surface area contributed by atoms with Crippen molar-refractivity contribution in [3.63, 3.8) is 0 Å². The topological polar surface area (TPSA) is 92.7 Å². The predicted molar refractivity (Wildman–Crippen MR) is 93.3 cm³/mol. The van der Waals surface area contributed by atoms with E-state index in [1.54, 1.807) is 18.2 Å². The first-order chi connectivity index (χ1) is 12.1. The Morgan fingerprint density at radius 2 is 1.84 bits per heavy atom. The van der Waals surface area contributed by atoms with Gasteiger partial charge in [0, 0.05) is 34.7 Å². The summed E-state index contributed by atoms with van der Waals surface area (Å²) in [5, 5.41) is 13.7. The van der Waals surface area contributed by atoms with Crippen LogP contribution in [0.25, 0.3) is 21.9 Å². The molecule has 4 aromatic rings. The second-order valence-corrected chi connectivity index (χ2v) is 5.65. The fourth-order valence-electron chi connectivity index (χ4n) is 2.80. The molecule has 2 aromatic carbocycles. The molecule has 0 unspecified atom stereocenters. The van der Waals surface area contributed by atoms with Crippen LogP contribution in [0.5, 0.6) is 0 Å². The highest BCUT2D eigenvalue weighted by atomic mass is 16.4. The first-order valence-corrected chi connectivity index (χ1v) is 7.63. The zero-order valence-electron chi connectivity index (χ0n) is 13.0. The van der Waals surface area contributed by atoms with Crippen molar-refractivity contribution >= 4 is 39.5 Å². The van der Waals surface area contributed by atoms with Gasteiger partial charge in [0.05, 0.1) is 6.42 Å². The van der Waals surface area contributed by atoms with Gasteiger partial charge in [-0.05, 0) is 23.8 Å². The summed E-state index contributed by atoms with van der Waals surface area (Å²) in [7, 11) is 0. The quantitative estimate of drug-likeness (QED) is 0.549. The van der Waals surface area contributed by atoms with Crippen molar-refractivity contribution in [2.45, 2.75) is 6.42 Å². The SMILES string of the molecule is O=C(O)Cc1cc(=O)oc2cc(Nc3cc4ccccc4o3)ccc12. The van der Waals surface area contributed by atoms with E-state index in [2.05, 4.69) is 5.32 Å². The van der Waals surface area contributed by atoms with Gasteiger partial charge in [0.2, 0.25) is 0 Å². The Labute approximate surface area is 141 Å². The number of fused-ring (bicyclic) bond motifs is 2. The Balaban J connectivity index is 1.73. The fourth-order valence-corrected chi connectivity index (χ4v) is 2.80. The molecule has 2 heterocycles. The summed E-state index contributed by atoms with van der Waals surface area (Å²) >= 11 is 0. The van der Waals surface area contributed by atoms with Gasteiger partial charge in [-0.2, -0.15) is 0 Å². The number of anilines is 2. The first-order valence-electron chi connectivity index (χ1n) is 7.63. The molecule has 6 heteroatoms. The van der Waals surface area contributed by atoms with E-state index in [9.17, 15) is 9.59 Å². The average molecular weight is 335 g/mol. The third-order valence-electron chi connectivity index (χ3n) is 3.86. The number of nitrogens with one attached hydrogen (secondary N) is 1. The standard InChI is InChI=1S/C19H13NO5/c21-18(22)8-12-9-19(23)25-16-10-13(5-6-14(12)16)20-17-7-11-3-1-2-4-15(11)24-17/h1-7,9-10,20H,8H2,(H,21,22). The van der Waals surface area contributed by atoms with Crippen molar-refractivity contribution < 1.29 is 18.7 Å². The molecule has 2 N–H and O–H groups in total. The highest BCUT2D eigenvalue weighted by Gasteiger charge is 2.10. The maximum Gasteiger partial charge on any atom is 0.336 e. The Morgan fingerprint density at radius 3 is 2.64 bits per heavy atom. The Hall–Kier alpha value is -3.54. The molecule has 2 aromatic heterocycles. The second-order valence-electron chi connectivity index (χ2n) is 5.65. The molecule has 0 amide bonds. The van der Waals surface area contributed by atoms with Crippen LogP contribution in [-0.2, 0) is 11.2 Å². The monoisotopic (exact) mass is 335 g/mol. The maximum atomic E-state index is 11.7. The molecular formula is C19H13NO5. The molecule has 0 fully saturated rings. The summed E-state index contributed by atoms with van der Waals surface area (Å²) in [6.45, 7) is 0. The molecule has 0 aliphatic rings. The molecule has 124 valence electrons. The van der Waals surface area contributed by atoms with E-state index in [0.717, 1.165) is 11.0 Å². The van der Waals surface area contributed by atoms with Crippen molar-refractivity contribution in [1.29, 1.82) is 0 Å². The number of carboxylic acid groups (broad SMARTS) is 1. The number of hydrogen-bond acceptors (Lipinski definition) is 5. The zero-order valence-corrected chi connectivity index (χ0v) is 13.0. The minimum Gasteiger partial charge on any atom is -0.481 e. The van der Waals surface area contributed by atoms with Gasteiger partial charge in [-0.25, -0.2) is 4.79 Å². The van der Waals surface area contributed by atoms with Crippen molar-refractivity contribution in [2.24, 2.45) is 0 Å². The Bertz CT molecular complexity index is 1120. The van der Waals surface area contributed by atoms with E-state index in [1.165, 1.54) is 6.07 Å². The number of rotatable bonds is 4. The fraction of sp³-hybridized carbons (Fsp3) is 0.0526. The summed E-state index contributed by atoms with van der Waals surface area (Å²) in [6, 6.07) is 15.9. The number of carboxylic acids is 1. The highest BCUT2D eigenvalue weighted by molar-refractivity contribution is 5.88. The second kappa shape index (κ2) is 5.83. The molecule has 6 nitrogen and oxygen atoms in total. The summed E-state index contributed by atoms with van der Waals surface area (Å²) < 4.78 is 10.9. The molecule has 0 saturated carbocycles. The van der Waals surface area contributed by atoms with Crippen LogP contribution in [-0.4, -0.2) is 11.1 Å². The van der Waals surface area contributed by atoms with Crippen molar-refractivity contribution in [1.82, 2.24) is 0 Å². The van der Waals surface area contributed by atoms with Gasteiger partial charge >= 0.3 is 11.6 Å². The molecule has 25 heavy (non-hydrogen) atoms. The van der Waals surface area contributed by atoms with Crippen molar-refractivity contribution in [3.8, 4) is 0 Å². The van der Waals surface area contributed by atoms with Gasteiger partial charge in [-0.15, -0.1) is 0 Å². The molecule has 0 bridgehead atoms. The number of hydrogen-bond donors (Lipinski definition) is 2. The number of para-hydroxylation sites is 1. The van der Waals surface area contributed by atoms with E-state index < -0.39 is 11.6 Å². The number of carbonyl (C=O) groups is 1. The van der Waals surface area contributed by atoms with Crippen molar-refractivity contribution in [3.05, 3.63) is 70.6 Å². The average Bonchev–Trinajstić information content (AvgIpc) is 2.96. The lowest BCUT2D eigenvalue weighted by molar-refractivity contribution is -0.136. The minimum atomic E-state index is -1.00. The third kappa shape index (κ3) is 2.97. The molecule has 0 saturated heterocycles. The lowest BCUT2D eigenvalue weighted by atomic mass is 10.1. The van der Waals surface area contributed by atoms with Gasteiger partial charge in [-0.3, -0.25) is 4.79 Å². The zero-order chi connectivity index (χ0) is 17.4. The summed E-state index contributed by atoms with van der Waals surface area (Å²) in [5.41, 5.74) is 1.60. The molecule has 0 spiro atoms. The van der Waals surface area contributed by atoms with E-state index in [1.807, 2.05) is 30.3 Å². The number of aliphatic carboxylic acids is 1. The van der Waals surface area contributed by atoms with Crippen LogP contribution < -0.4 is 10.9 Å². The van der Waals surface area contributed by atoms with E-state index in [4.69, 9.17) is 13.9 Å². The number of furan rings is 1. The molecular weight excluding hydrogens is 322 g/mol. The molecule has 0 radical (unpaired) electrons. The van der Waals surface area contributed by atoms with Gasteiger partial charge in [0.1, 0.15) is 11.2 Å². The Morgan fingerprint density at radius 1 is 1.00 bits per heavy atom. The van der Waals surface area contributed by atoms with E-state index >= 15 is 0 Å². The van der Waals surface area contributed by atoms with E-state index in [0.29, 0.717) is 28.1 Å². The lowest BCUT2D eigenvalue weighted by Gasteiger charge is -2.06. The van der Waals surface area contributed by atoms with Gasteiger partial charge < -0.3 is 19.3 Å². The van der Waals surface area contributed by atoms with Crippen molar-refractivity contribution in [2.75, 3.05) is 5.32 Å². The predicted octanol–water partition coefficient (Wildman–Crippen LogP) is 3.91. The third-order valence-corrected chi connectivity index (χ3v) is 3.86. The summed E-state index contributed by atoms with van der Waals surface area (Å²) in [4.78, 5) is 22.6. The van der Waals surface area contributed by atoms with Gasteiger partial charge in [-0.1, -0.05) is 18.2 Å². The smallest absolute Gasteiger partial charge is 0.336 e. The molecule has 0 atom stereocenters. The van der Waals surface area contributed by atoms with Gasteiger partial charge in [0.25, 0.3) is 0 Å². The minimum absolute atomic E-state index is 0.238. The largest absolute Gasteiger partial charge is 0.481 e. The van der Waals surface area contributed by atoms with Gasteiger partial charge in [0.15, 0.2) is 5.88 Å². The number of benzene rings is 2. The van der Waals surface area contributed by atoms with Crippen LogP contribution >= 0.6 is 0 Å². The van der Waals surface area contributed by atoms with Crippen LogP contribution in [0.15, 0.2) is 68.2 Å². The molecule has 4 rings (SSSR count). The summed E-state index contributed by atoms with van der Waals surface area (Å²) in [6.07, 6.45) is -0.238. The normalized spacial score (nSPS) is 11.0. The molecule has 0 aliphatic heterocycles. The molecule has 0 aliphatic carbocycles. The lowest BCUT2D eigenvalue weighted by Crippen LogP contribution is -2.06. The van der Waals surface area contributed by atoms with Crippen LogP contribution in [0, 0.1) is 0 Å². The van der Waals surface area contributed by atoms with Crippen LogP contribution in [0.3, 0.4) is 0 Å². The highest BCUT2D eigenvalue weighted by Crippen LogP contribution is 2.28. The van der Waals surface area contributed by atoms with Crippen LogP contribution in [0.4, 0.5) is 11.6 Å². The van der Waals surface area contributed by atoms with E-state index in [-0.39, 0.29) is 6.42 Å². The summed E-state index contributed by atoms with van der Waals surface area (Å²) in [5.74, 6) is -0.444. The van der Waals surface area contributed by atoms with Crippen LogP contribution in [0.1, 0.15) is 5.56 Å². The first kappa shape index (κ1) is 15.0. The maximum absolute atomic E-state index is 11.7. The Kier molecular flexibility index (Phi) is 3.50.